The van der Waals surface area contributed by atoms with Crippen LogP contribution >= 0.6 is 0 Å². The summed E-state index contributed by atoms with van der Waals surface area (Å²) in [5.74, 6) is 0.0995. The number of benzene rings is 1. The van der Waals surface area contributed by atoms with Gasteiger partial charge in [0.15, 0.2) is 0 Å². The first kappa shape index (κ1) is 12.9. The van der Waals surface area contributed by atoms with E-state index < -0.39 is 0 Å². The van der Waals surface area contributed by atoms with E-state index in [0.29, 0.717) is 0 Å². The Kier molecular flexibility index (Phi) is 3.54. The van der Waals surface area contributed by atoms with Gasteiger partial charge in [-0.05, 0) is 18.9 Å². The average Bonchev–Trinajstić information content (AvgIpc) is 2.74. The molecule has 2 aromatic rings. The number of nitrogen functional groups attached to an aromatic ring is 1. The lowest BCUT2D eigenvalue weighted by Crippen LogP contribution is -2.27. The molecule has 2 heterocycles. The molecule has 104 valence electrons. The Morgan fingerprint density at radius 1 is 1.10 bits per heavy atom. The molecule has 4 nitrogen and oxygen atoms in total. The highest BCUT2D eigenvalue weighted by atomic mass is 15.1. The minimum Gasteiger partial charge on any atom is -0.384 e. The van der Waals surface area contributed by atoms with Crippen molar-refractivity contribution in [1.29, 1.82) is 5.41 Å². The van der Waals surface area contributed by atoms with E-state index in [-0.39, 0.29) is 5.84 Å². The molecule has 0 saturated carbocycles. The van der Waals surface area contributed by atoms with Crippen LogP contribution in [0.5, 0.6) is 0 Å². The quantitative estimate of drug-likeness (QED) is 0.650. The zero-order valence-corrected chi connectivity index (χ0v) is 11.6. The molecule has 1 saturated heterocycles. The monoisotopic (exact) mass is 268 g/mol. The van der Waals surface area contributed by atoms with Crippen LogP contribution in [0.15, 0.2) is 30.5 Å². The Morgan fingerprint density at radius 3 is 2.50 bits per heavy atom. The molecule has 3 N–H and O–H groups in total. The molecule has 4 heteroatoms. The molecule has 0 bridgehead atoms. The number of rotatable bonds is 2. The number of pyridine rings is 1. The maximum Gasteiger partial charge on any atom is 0.126 e. The highest BCUT2D eigenvalue weighted by Crippen LogP contribution is 2.31. The zero-order chi connectivity index (χ0) is 13.9. The SMILES string of the molecule is N=C(N)c1cnc2ccccc2c1N1CCCCCC1. The van der Waals surface area contributed by atoms with Gasteiger partial charge in [-0.1, -0.05) is 31.0 Å². The van der Waals surface area contributed by atoms with Crippen molar-refractivity contribution >= 4 is 22.4 Å². The minimum absolute atomic E-state index is 0.0995. The summed E-state index contributed by atoms with van der Waals surface area (Å²) >= 11 is 0. The molecule has 0 spiro atoms. The zero-order valence-electron chi connectivity index (χ0n) is 11.6. The Balaban J connectivity index is 2.18. The van der Waals surface area contributed by atoms with Crippen LogP contribution < -0.4 is 10.6 Å². The van der Waals surface area contributed by atoms with Crippen LogP contribution in [0.1, 0.15) is 31.2 Å². The largest absolute Gasteiger partial charge is 0.384 e. The number of fused-ring (bicyclic) bond motifs is 1. The van der Waals surface area contributed by atoms with Crippen LogP contribution in [0.25, 0.3) is 10.9 Å². The van der Waals surface area contributed by atoms with E-state index in [9.17, 15) is 0 Å². The van der Waals surface area contributed by atoms with Crippen molar-refractivity contribution in [3.63, 3.8) is 0 Å². The van der Waals surface area contributed by atoms with Crippen molar-refractivity contribution in [2.24, 2.45) is 5.73 Å². The van der Waals surface area contributed by atoms with Gasteiger partial charge in [-0.3, -0.25) is 10.4 Å². The summed E-state index contributed by atoms with van der Waals surface area (Å²) in [6.45, 7) is 2.07. The number of hydrogen-bond donors (Lipinski definition) is 2. The van der Waals surface area contributed by atoms with Crippen LogP contribution in [0, 0.1) is 5.41 Å². The van der Waals surface area contributed by atoms with Crippen LogP contribution in [-0.2, 0) is 0 Å². The summed E-state index contributed by atoms with van der Waals surface area (Å²) in [6, 6.07) is 8.11. The van der Waals surface area contributed by atoms with Crippen molar-refractivity contribution in [2.75, 3.05) is 18.0 Å². The molecular formula is C16H20N4. The molecule has 0 radical (unpaired) electrons. The predicted octanol–water partition coefficient (Wildman–Crippen LogP) is 2.90. The first-order valence-corrected chi connectivity index (χ1v) is 7.24. The van der Waals surface area contributed by atoms with Gasteiger partial charge in [-0.15, -0.1) is 0 Å². The minimum atomic E-state index is 0.0995. The molecule has 20 heavy (non-hydrogen) atoms. The predicted molar refractivity (Wildman–Crippen MR) is 83.4 cm³/mol. The highest BCUT2D eigenvalue weighted by Gasteiger charge is 2.18. The molecule has 1 aliphatic heterocycles. The molecule has 1 aliphatic rings. The lowest BCUT2D eigenvalue weighted by molar-refractivity contribution is 0.726. The fourth-order valence-electron chi connectivity index (χ4n) is 2.96. The number of nitrogens with one attached hydrogen (secondary N) is 1. The first-order chi connectivity index (χ1) is 9.77. The van der Waals surface area contributed by atoms with Crippen molar-refractivity contribution in [2.45, 2.75) is 25.7 Å². The third-order valence-corrected chi connectivity index (χ3v) is 3.96. The van der Waals surface area contributed by atoms with Crippen LogP contribution in [0.3, 0.4) is 0 Å². The fourth-order valence-corrected chi connectivity index (χ4v) is 2.96. The van der Waals surface area contributed by atoms with Gasteiger partial charge in [0.1, 0.15) is 5.84 Å². The Morgan fingerprint density at radius 2 is 1.80 bits per heavy atom. The van der Waals surface area contributed by atoms with Crippen molar-refractivity contribution in [3.05, 3.63) is 36.0 Å². The smallest absolute Gasteiger partial charge is 0.126 e. The van der Waals surface area contributed by atoms with E-state index in [1.807, 2.05) is 18.2 Å². The van der Waals surface area contributed by atoms with E-state index in [0.717, 1.165) is 35.2 Å². The molecular weight excluding hydrogens is 248 g/mol. The third kappa shape index (κ3) is 2.33. The van der Waals surface area contributed by atoms with Gasteiger partial charge in [0.2, 0.25) is 0 Å². The van der Waals surface area contributed by atoms with Gasteiger partial charge in [-0.25, -0.2) is 0 Å². The molecule has 1 aromatic carbocycles. The second-order valence-electron chi connectivity index (χ2n) is 5.35. The van der Waals surface area contributed by atoms with Crippen LogP contribution in [0.4, 0.5) is 5.69 Å². The summed E-state index contributed by atoms with van der Waals surface area (Å²) in [5, 5.41) is 8.94. The number of aromatic nitrogens is 1. The highest BCUT2D eigenvalue weighted by molar-refractivity contribution is 6.07. The average molecular weight is 268 g/mol. The third-order valence-electron chi connectivity index (χ3n) is 3.96. The molecule has 0 aliphatic carbocycles. The normalized spacial score (nSPS) is 16.1. The van der Waals surface area contributed by atoms with Crippen molar-refractivity contribution < 1.29 is 0 Å². The van der Waals surface area contributed by atoms with E-state index in [2.05, 4.69) is 16.0 Å². The van der Waals surface area contributed by atoms with Gasteiger partial charge in [0.05, 0.1) is 16.8 Å². The maximum absolute atomic E-state index is 7.84. The van der Waals surface area contributed by atoms with Gasteiger partial charge >= 0.3 is 0 Å². The van der Waals surface area contributed by atoms with E-state index in [1.54, 1.807) is 6.20 Å². The van der Waals surface area contributed by atoms with Crippen LogP contribution in [0.2, 0.25) is 0 Å². The van der Waals surface area contributed by atoms with Gasteiger partial charge in [0, 0.05) is 24.7 Å². The topological polar surface area (TPSA) is 66.0 Å². The van der Waals surface area contributed by atoms with Gasteiger partial charge < -0.3 is 10.6 Å². The molecule has 0 unspecified atom stereocenters. The molecule has 0 amide bonds. The molecule has 0 atom stereocenters. The van der Waals surface area contributed by atoms with E-state index >= 15 is 0 Å². The number of amidine groups is 1. The number of hydrogen-bond acceptors (Lipinski definition) is 3. The number of para-hydroxylation sites is 1. The summed E-state index contributed by atoms with van der Waals surface area (Å²) < 4.78 is 0. The van der Waals surface area contributed by atoms with Crippen molar-refractivity contribution in [1.82, 2.24) is 4.98 Å². The molecule has 3 rings (SSSR count). The number of nitrogens with two attached hydrogens (primary N) is 1. The second-order valence-corrected chi connectivity index (χ2v) is 5.35. The molecule has 1 fully saturated rings. The van der Waals surface area contributed by atoms with Gasteiger partial charge in [0.25, 0.3) is 0 Å². The standard InChI is InChI=1S/C16H20N4/c17-16(18)13-11-19-14-8-4-3-7-12(14)15(13)20-9-5-1-2-6-10-20/h3-4,7-8,11H,1-2,5-6,9-10H2,(H3,17,18). The maximum atomic E-state index is 7.84. The summed E-state index contributed by atoms with van der Waals surface area (Å²) in [6.07, 6.45) is 6.72. The Bertz CT molecular complexity index is 627. The Labute approximate surface area is 119 Å². The van der Waals surface area contributed by atoms with Crippen molar-refractivity contribution in [3.8, 4) is 0 Å². The first-order valence-electron chi connectivity index (χ1n) is 7.24. The summed E-state index contributed by atoms with van der Waals surface area (Å²) in [5.41, 5.74) is 8.58. The van der Waals surface area contributed by atoms with E-state index in [4.69, 9.17) is 11.1 Å². The second kappa shape index (κ2) is 5.49. The molecule has 1 aromatic heterocycles. The van der Waals surface area contributed by atoms with Crippen LogP contribution in [-0.4, -0.2) is 23.9 Å². The number of nitrogens with zero attached hydrogens (tertiary/aromatic N) is 2. The summed E-state index contributed by atoms with van der Waals surface area (Å²) in [4.78, 5) is 6.82. The summed E-state index contributed by atoms with van der Waals surface area (Å²) in [7, 11) is 0. The Hall–Kier alpha value is -2.10. The fraction of sp³-hybridized carbons (Fsp3) is 0.375. The number of anilines is 1. The van der Waals surface area contributed by atoms with E-state index in [1.165, 1.54) is 25.7 Å². The lowest BCUT2D eigenvalue weighted by Gasteiger charge is -2.26. The van der Waals surface area contributed by atoms with Gasteiger partial charge in [-0.2, -0.15) is 0 Å². The lowest BCUT2D eigenvalue weighted by atomic mass is 10.1.